The van der Waals surface area contributed by atoms with Gasteiger partial charge in [-0.3, -0.25) is 19.6 Å². The molecule has 1 unspecified atom stereocenters. The van der Waals surface area contributed by atoms with E-state index in [1.54, 1.807) is 0 Å². The number of carbonyl (C=O) groups excluding carboxylic acids is 1. The summed E-state index contributed by atoms with van der Waals surface area (Å²) in [6, 6.07) is 1.14. The van der Waals surface area contributed by atoms with Crippen LogP contribution in [0.3, 0.4) is 0 Å². The fourth-order valence-electron chi connectivity index (χ4n) is 2.27. The van der Waals surface area contributed by atoms with Crippen molar-refractivity contribution in [2.24, 2.45) is 0 Å². The van der Waals surface area contributed by atoms with Crippen LogP contribution in [0.2, 0.25) is 0 Å². The van der Waals surface area contributed by atoms with Crippen LogP contribution in [0.25, 0.3) is 5.78 Å². The molecule has 0 saturated carbocycles. The molecule has 3 N–H and O–H groups in total. The number of carbonyl (C=O) groups is 1. The van der Waals surface area contributed by atoms with Crippen LogP contribution in [-0.2, 0) is 16.1 Å². The first kappa shape index (κ1) is 12.6. The largest absolute Gasteiger partial charge is 0.468 e. The zero-order valence-electron chi connectivity index (χ0n) is 10.9. The number of ether oxygens (including phenoxy) is 1. The first-order chi connectivity index (χ1) is 9.58. The molecule has 0 spiro atoms. The SMILES string of the molecule is COC(=O)C1CCN1Cc1cc(=O)n2[nH]c(N)nc2n1. The molecule has 2 aromatic heterocycles. The van der Waals surface area contributed by atoms with Crippen molar-refractivity contribution in [1.29, 1.82) is 0 Å². The number of aromatic amines is 1. The number of hydrogen-bond donors (Lipinski definition) is 2. The Bertz CT molecular complexity index is 721. The van der Waals surface area contributed by atoms with Crippen LogP contribution in [0, 0.1) is 0 Å². The summed E-state index contributed by atoms with van der Waals surface area (Å²) in [5, 5.41) is 2.59. The van der Waals surface area contributed by atoms with Gasteiger partial charge >= 0.3 is 5.97 Å². The number of esters is 1. The summed E-state index contributed by atoms with van der Waals surface area (Å²) in [6.07, 6.45) is 0.753. The molecule has 9 heteroatoms. The van der Waals surface area contributed by atoms with E-state index in [2.05, 4.69) is 15.1 Å². The molecule has 2 aromatic rings. The molecule has 0 amide bonds. The van der Waals surface area contributed by atoms with Gasteiger partial charge in [0.05, 0.1) is 12.8 Å². The maximum Gasteiger partial charge on any atom is 0.323 e. The smallest absolute Gasteiger partial charge is 0.323 e. The van der Waals surface area contributed by atoms with E-state index in [4.69, 9.17) is 10.5 Å². The Hall–Kier alpha value is -2.42. The number of likely N-dealkylation sites (tertiary alicyclic amines) is 1. The Morgan fingerprint density at radius 2 is 2.40 bits per heavy atom. The van der Waals surface area contributed by atoms with Crippen LogP contribution < -0.4 is 11.3 Å². The number of rotatable bonds is 3. The Labute approximate surface area is 113 Å². The topological polar surface area (TPSA) is 119 Å². The van der Waals surface area contributed by atoms with Gasteiger partial charge in [-0.05, 0) is 6.42 Å². The van der Waals surface area contributed by atoms with Crippen molar-refractivity contribution < 1.29 is 9.53 Å². The van der Waals surface area contributed by atoms with Crippen molar-refractivity contribution >= 4 is 17.7 Å². The van der Waals surface area contributed by atoms with Gasteiger partial charge in [0.2, 0.25) is 5.95 Å². The number of fused-ring (bicyclic) bond motifs is 1. The number of nitrogens with two attached hydrogens (primary N) is 1. The molecular formula is C11H14N6O3. The second-order valence-electron chi connectivity index (χ2n) is 4.63. The van der Waals surface area contributed by atoms with E-state index in [1.807, 2.05) is 4.90 Å². The van der Waals surface area contributed by atoms with E-state index in [0.717, 1.165) is 13.0 Å². The van der Waals surface area contributed by atoms with Crippen LogP contribution in [0.15, 0.2) is 10.9 Å². The minimum atomic E-state index is -0.288. The highest BCUT2D eigenvalue weighted by Crippen LogP contribution is 2.20. The van der Waals surface area contributed by atoms with Crippen LogP contribution in [0.1, 0.15) is 12.1 Å². The third kappa shape index (κ3) is 2.01. The average molecular weight is 278 g/mol. The number of anilines is 1. The summed E-state index contributed by atoms with van der Waals surface area (Å²) in [5.74, 6) is 0.0846. The van der Waals surface area contributed by atoms with Crippen molar-refractivity contribution in [3.05, 3.63) is 22.1 Å². The molecule has 0 aromatic carbocycles. The summed E-state index contributed by atoms with van der Waals surface area (Å²) in [7, 11) is 1.36. The molecule has 1 atom stereocenters. The van der Waals surface area contributed by atoms with Gasteiger partial charge in [0.15, 0.2) is 0 Å². The van der Waals surface area contributed by atoms with E-state index >= 15 is 0 Å². The normalized spacial score (nSPS) is 18.9. The van der Waals surface area contributed by atoms with Gasteiger partial charge in [0.1, 0.15) is 6.04 Å². The van der Waals surface area contributed by atoms with Crippen LogP contribution in [0.4, 0.5) is 5.95 Å². The van der Waals surface area contributed by atoms with E-state index in [1.165, 1.54) is 17.7 Å². The van der Waals surface area contributed by atoms with Crippen LogP contribution >= 0.6 is 0 Å². The monoisotopic (exact) mass is 278 g/mol. The summed E-state index contributed by atoms with van der Waals surface area (Å²) < 4.78 is 5.89. The van der Waals surface area contributed by atoms with E-state index in [-0.39, 0.29) is 29.3 Å². The van der Waals surface area contributed by atoms with Crippen LogP contribution in [-0.4, -0.2) is 50.1 Å². The summed E-state index contributed by atoms with van der Waals surface area (Å²) >= 11 is 0. The zero-order chi connectivity index (χ0) is 14.3. The Balaban J connectivity index is 1.84. The molecule has 0 bridgehead atoms. The first-order valence-corrected chi connectivity index (χ1v) is 6.14. The molecule has 0 aliphatic carbocycles. The number of nitrogens with zero attached hydrogens (tertiary/aromatic N) is 4. The minimum Gasteiger partial charge on any atom is -0.468 e. The van der Waals surface area contributed by atoms with Crippen molar-refractivity contribution in [2.45, 2.75) is 19.0 Å². The number of H-pyrrole nitrogens is 1. The molecule has 1 aliphatic rings. The van der Waals surface area contributed by atoms with E-state index in [0.29, 0.717) is 12.2 Å². The quantitative estimate of drug-likeness (QED) is 0.673. The van der Waals surface area contributed by atoms with E-state index in [9.17, 15) is 9.59 Å². The highest BCUT2D eigenvalue weighted by molar-refractivity contribution is 5.76. The first-order valence-electron chi connectivity index (χ1n) is 6.14. The van der Waals surface area contributed by atoms with Crippen molar-refractivity contribution in [2.75, 3.05) is 19.4 Å². The van der Waals surface area contributed by atoms with Gasteiger partial charge < -0.3 is 10.5 Å². The number of hydrogen-bond acceptors (Lipinski definition) is 7. The van der Waals surface area contributed by atoms with Crippen molar-refractivity contribution in [3.8, 4) is 0 Å². The lowest BCUT2D eigenvalue weighted by molar-refractivity contribution is -0.152. The lowest BCUT2D eigenvalue weighted by Gasteiger charge is -2.38. The third-order valence-electron chi connectivity index (χ3n) is 3.37. The standard InChI is InChI=1S/C11H14N6O3/c1-20-9(19)7-2-3-16(7)5-6-4-8(18)17-11(13-6)14-10(12)15-17/h4,7H,2-3,5H2,1H3,(H3,12,13,14,15). The predicted octanol–water partition coefficient (Wildman–Crippen LogP) is -1.25. The molecule has 1 aliphatic heterocycles. The van der Waals surface area contributed by atoms with E-state index < -0.39 is 0 Å². The Morgan fingerprint density at radius 3 is 3.05 bits per heavy atom. The molecule has 9 nitrogen and oxygen atoms in total. The number of aromatic nitrogens is 4. The molecule has 1 saturated heterocycles. The lowest BCUT2D eigenvalue weighted by atomic mass is 10.0. The van der Waals surface area contributed by atoms with Gasteiger partial charge in [0, 0.05) is 19.2 Å². The van der Waals surface area contributed by atoms with Crippen LogP contribution in [0.5, 0.6) is 0 Å². The molecule has 106 valence electrons. The second kappa shape index (κ2) is 4.60. The second-order valence-corrected chi connectivity index (χ2v) is 4.63. The van der Waals surface area contributed by atoms with Crippen molar-refractivity contribution in [3.63, 3.8) is 0 Å². The third-order valence-corrected chi connectivity index (χ3v) is 3.37. The maximum atomic E-state index is 11.9. The molecule has 3 heterocycles. The number of nitrogen functional groups attached to an aromatic ring is 1. The number of nitrogens with one attached hydrogen (secondary N) is 1. The van der Waals surface area contributed by atoms with Gasteiger partial charge in [-0.15, -0.1) is 0 Å². The zero-order valence-corrected chi connectivity index (χ0v) is 10.9. The van der Waals surface area contributed by atoms with Gasteiger partial charge in [-0.25, -0.2) is 4.98 Å². The summed E-state index contributed by atoms with van der Waals surface area (Å²) in [5.41, 5.74) is 5.75. The molecule has 3 rings (SSSR count). The molecular weight excluding hydrogens is 264 g/mol. The van der Waals surface area contributed by atoms with Gasteiger partial charge in [0.25, 0.3) is 11.3 Å². The molecule has 20 heavy (non-hydrogen) atoms. The average Bonchev–Trinajstić information content (AvgIpc) is 2.75. The summed E-state index contributed by atoms with van der Waals surface area (Å²) in [4.78, 5) is 33.4. The van der Waals surface area contributed by atoms with Gasteiger partial charge in [-0.2, -0.15) is 9.50 Å². The predicted molar refractivity (Wildman–Crippen MR) is 68.9 cm³/mol. The fraction of sp³-hybridized carbons (Fsp3) is 0.455. The molecule has 0 radical (unpaired) electrons. The van der Waals surface area contributed by atoms with Gasteiger partial charge in [-0.1, -0.05) is 0 Å². The number of methoxy groups -OCH3 is 1. The fourth-order valence-corrected chi connectivity index (χ4v) is 2.27. The lowest BCUT2D eigenvalue weighted by Crippen LogP contribution is -2.52. The Kier molecular flexibility index (Phi) is 2.90. The Morgan fingerprint density at radius 1 is 1.60 bits per heavy atom. The van der Waals surface area contributed by atoms with Crippen molar-refractivity contribution in [1.82, 2.24) is 24.5 Å². The minimum absolute atomic E-state index is 0.128. The highest BCUT2D eigenvalue weighted by Gasteiger charge is 2.35. The molecule has 1 fully saturated rings. The maximum absolute atomic E-state index is 11.9. The highest BCUT2D eigenvalue weighted by atomic mass is 16.5. The summed E-state index contributed by atoms with van der Waals surface area (Å²) in [6.45, 7) is 1.17.